The molecule has 1 amide bonds. The average Bonchev–Trinajstić information content (AvgIpc) is 3.75. The van der Waals surface area contributed by atoms with Crippen molar-refractivity contribution in [2.45, 2.75) is 38.6 Å². The Hall–Kier alpha value is -4.76. The van der Waals surface area contributed by atoms with Gasteiger partial charge in [-0.15, -0.1) is 0 Å². The topological polar surface area (TPSA) is 97.4 Å². The first-order chi connectivity index (χ1) is 22.4. The highest BCUT2D eigenvalue weighted by Gasteiger charge is 2.25. The Morgan fingerprint density at radius 3 is 2.52 bits per heavy atom. The van der Waals surface area contributed by atoms with Crippen LogP contribution in [0.4, 0.5) is 10.1 Å². The van der Waals surface area contributed by atoms with Crippen molar-refractivity contribution >= 4 is 22.5 Å². The van der Waals surface area contributed by atoms with Crippen molar-refractivity contribution in [3.05, 3.63) is 107 Å². The Labute approximate surface area is 268 Å². The van der Waals surface area contributed by atoms with Crippen LogP contribution in [0, 0.1) is 18.7 Å². The number of aryl methyl sites for hydroxylation is 1. The normalized spacial score (nSPS) is 16.6. The Morgan fingerprint density at radius 2 is 1.76 bits per heavy atom. The minimum Gasteiger partial charge on any atom is -0.508 e. The van der Waals surface area contributed by atoms with Crippen LogP contribution in [0.3, 0.4) is 0 Å². The number of carbonyl (C=O) groups is 1. The Balaban J connectivity index is 1.09. The lowest BCUT2D eigenvalue weighted by atomic mass is 9.96. The van der Waals surface area contributed by atoms with Crippen LogP contribution in [0.2, 0.25) is 0 Å². The zero-order chi connectivity index (χ0) is 31.6. The second-order valence-electron chi connectivity index (χ2n) is 12.7. The zero-order valence-corrected chi connectivity index (χ0v) is 26.0. The zero-order valence-electron chi connectivity index (χ0n) is 26.0. The maximum absolute atomic E-state index is 14.4. The SMILES string of the molecule is Cc1cc(C(=O)N[C@@H](c2cc3ccccc3[nH]2)c2cc(F)ccc2O)cc(-c2ncc(N3CCC(CN4CCCC4)CC3)cn2)c1. The van der Waals surface area contributed by atoms with Gasteiger partial charge in [-0.05, 0) is 111 Å². The second kappa shape index (κ2) is 12.9. The van der Waals surface area contributed by atoms with E-state index >= 15 is 0 Å². The summed E-state index contributed by atoms with van der Waals surface area (Å²) in [6.07, 6.45) is 8.79. The summed E-state index contributed by atoms with van der Waals surface area (Å²) in [6, 6.07) is 18.1. The summed E-state index contributed by atoms with van der Waals surface area (Å²) in [4.78, 5) is 31.5. The molecule has 2 saturated heterocycles. The molecule has 2 aromatic heterocycles. The molecule has 3 aromatic carbocycles. The van der Waals surface area contributed by atoms with Gasteiger partial charge in [0.05, 0.1) is 24.1 Å². The summed E-state index contributed by atoms with van der Waals surface area (Å²) in [6.45, 7) is 7.66. The molecule has 0 bridgehead atoms. The lowest BCUT2D eigenvalue weighted by Crippen LogP contribution is -2.38. The van der Waals surface area contributed by atoms with Gasteiger partial charge in [-0.2, -0.15) is 0 Å². The van der Waals surface area contributed by atoms with Crippen molar-refractivity contribution in [2.75, 3.05) is 37.6 Å². The molecule has 0 saturated carbocycles. The van der Waals surface area contributed by atoms with E-state index in [1.807, 2.05) is 55.7 Å². The molecular formula is C37H39FN6O2. The van der Waals surface area contributed by atoms with Gasteiger partial charge < -0.3 is 25.2 Å². The largest absolute Gasteiger partial charge is 0.508 e. The van der Waals surface area contributed by atoms with Gasteiger partial charge >= 0.3 is 0 Å². The number of fused-ring (bicyclic) bond motifs is 1. The molecule has 0 unspecified atom stereocenters. The van der Waals surface area contributed by atoms with Crippen molar-refractivity contribution in [1.29, 1.82) is 0 Å². The number of halogens is 1. The third-order valence-electron chi connectivity index (χ3n) is 9.37. The standard InChI is InChI=1S/C37H39FN6O2/c1-24-16-27(36-39-21-30(22-40-36)44-14-10-25(11-15-44)23-43-12-4-5-13-43)18-28(17-24)37(46)42-35(31-20-29(38)8-9-34(31)45)33-19-26-6-2-3-7-32(26)41-33/h2-3,6-9,16-22,25,35,41,45H,4-5,10-15,23H2,1H3,(H,42,46)/t35-/m1/s1. The summed E-state index contributed by atoms with van der Waals surface area (Å²) >= 11 is 0. The summed E-state index contributed by atoms with van der Waals surface area (Å²) < 4.78 is 14.4. The maximum Gasteiger partial charge on any atom is 0.252 e. The van der Waals surface area contributed by atoms with Gasteiger partial charge in [0.25, 0.3) is 5.91 Å². The molecule has 1 atom stereocenters. The molecule has 8 nitrogen and oxygen atoms in total. The van der Waals surface area contributed by atoms with Crippen LogP contribution in [0.5, 0.6) is 5.75 Å². The Morgan fingerprint density at radius 1 is 1.00 bits per heavy atom. The number of para-hydroxylation sites is 1. The first kappa shape index (κ1) is 29.9. The van der Waals surface area contributed by atoms with E-state index in [2.05, 4.69) is 20.1 Å². The minimum atomic E-state index is -0.824. The molecule has 3 N–H and O–H groups in total. The number of carbonyl (C=O) groups excluding carboxylic acids is 1. The quantitative estimate of drug-likeness (QED) is 0.181. The molecule has 5 aromatic rings. The van der Waals surface area contributed by atoms with Crippen molar-refractivity contribution in [2.24, 2.45) is 5.92 Å². The number of piperidine rings is 1. The van der Waals surface area contributed by atoms with Crippen molar-refractivity contribution in [3.63, 3.8) is 0 Å². The third kappa shape index (κ3) is 6.46. The fourth-order valence-electron chi connectivity index (χ4n) is 6.93. The lowest BCUT2D eigenvalue weighted by molar-refractivity contribution is 0.0942. The van der Waals surface area contributed by atoms with Gasteiger partial charge in [-0.1, -0.05) is 18.2 Å². The molecule has 46 heavy (non-hydrogen) atoms. The third-order valence-corrected chi connectivity index (χ3v) is 9.37. The number of aromatic hydroxyl groups is 1. The fourth-order valence-corrected chi connectivity index (χ4v) is 6.93. The number of aromatic nitrogens is 3. The number of aromatic amines is 1. The van der Waals surface area contributed by atoms with Gasteiger partial charge in [0.1, 0.15) is 11.6 Å². The number of hydrogen-bond acceptors (Lipinski definition) is 6. The number of anilines is 1. The molecule has 9 heteroatoms. The number of H-pyrrole nitrogens is 1. The molecule has 2 aliphatic rings. The molecule has 4 heterocycles. The number of nitrogens with zero attached hydrogens (tertiary/aromatic N) is 4. The van der Waals surface area contributed by atoms with E-state index in [1.54, 1.807) is 12.1 Å². The first-order valence-electron chi connectivity index (χ1n) is 16.2. The summed E-state index contributed by atoms with van der Waals surface area (Å²) in [7, 11) is 0. The van der Waals surface area contributed by atoms with Crippen LogP contribution in [0.15, 0.2) is 79.1 Å². The smallest absolute Gasteiger partial charge is 0.252 e. The van der Waals surface area contributed by atoms with E-state index in [4.69, 9.17) is 9.97 Å². The summed E-state index contributed by atoms with van der Waals surface area (Å²) in [5.41, 5.74) is 4.81. The van der Waals surface area contributed by atoms with E-state index < -0.39 is 11.9 Å². The number of rotatable bonds is 8. The monoisotopic (exact) mass is 618 g/mol. The number of likely N-dealkylation sites (tertiary alicyclic amines) is 1. The molecule has 236 valence electrons. The fraction of sp³-hybridized carbons (Fsp3) is 0.324. The average molecular weight is 619 g/mol. The number of phenols is 1. The number of phenolic OH excluding ortho intramolecular Hbond substituents is 1. The molecule has 0 spiro atoms. The number of amides is 1. The predicted octanol–water partition coefficient (Wildman–Crippen LogP) is 6.61. The number of hydrogen-bond donors (Lipinski definition) is 3. The minimum absolute atomic E-state index is 0.111. The van der Waals surface area contributed by atoms with Crippen LogP contribution < -0.4 is 10.2 Å². The van der Waals surface area contributed by atoms with E-state index in [-0.39, 0.29) is 17.2 Å². The van der Waals surface area contributed by atoms with E-state index in [0.717, 1.165) is 46.7 Å². The van der Waals surface area contributed by atoms with Gasteiger partial charge in [0.15, 0.2) is 5.82 Å². The van der Waals surface area contributed by atoms with Crippen LogP contribution >= 0.6 is 0 Å². The van der Waals surface area contributed by atoms with Crippen LogP contribution in [-0.4, -0.2) is 63.6 Å². The number of nitrogens with one attached hydrogen (secondary N) is 2. The van der Waals surface area contributed by atoms with Gasteiger partial charge in [0, 0.05) is 47.5 Å². The van der Waals surface area contributed by atoms with Crippen LogP contribution in [0.25, 0.3) is 22.3 Å². The maximum atomic E-state index is 14.4. The Bertz CT molecular complexity index is 1810. The van der Waals surface area contributed by atoms with Crippen LogP contribution in [0.1, 0.15) is 58.9 Å². The molecular weight excluding hydrogens is 579 g/mol. The predicted molar refractivity (Wildman–Crippen MR) is 178 cm³/mol. The van der Waals surface area contributed by atoms with Crippen LogP contribution in [-0.2, 0) is 0 Å². The van der Waals surface area contributed by atoms with E-state index in [9.17, 15) is 14.3 Å². The summed E-state index contributed by atoms with van der Waals surface area (Å²) in [5.74, 6) is 0.311. The van der Waals surface area contributed by atoms with Crippen molar-refractivity contribution in [1.82, 2.24) is 25.2 Å². The highest BCUT2D eigenvalue weighted by molar-refractivity contribution is 5.96. The summed E-state index contributed by atoms with van der Waals surface area (Å²) in [5, 5.41) is 14.7. The molecule has 2 fully saturated rings. The highest BCUT2D eigenvalue weighted by Crippen LogP contribution is 2.32. The highest BCUT2D eigenvalue weighted by atomic mass is 19.1. The Kier molecular flexibility index (Phi) is 8.41. The van der Waals surface area contributed by atoms with Crippen molar-refractivity contribution in [3.8, 4) is 17.1 Å². The second-order valence-corrected chi connectivity index (χ2v) is 12.7. The van der Waals surface area contributed by atoms with E-state index in [1.165, 1.54) is 63.5 Å². The van der Waals surface area contributed by atoms with Crippen molar-refractivity contribution < 1.29 is 14.3 Å². The molecule has 7 rings (SSSR count). The lowest BCUT2D eigenvalue weighted by Gasteiger charge is -2.34. The molecule has 0 aliphatic carbocycles. The van der Waals surface area contributed by atoms with Gasteiger partial charge in [-0.25, -0.2) is 14.4 Å². The molecule has 0 radical (unpaired) electrons. The molecule has 2 aliphatic heterocycles. The van der Waals surface area contributed by atoms with E-state index in [0.29, 0.717) is 17.1 Å². The first-order valence-corrected chi connectivity index (χ1v) is 16.2. The van der Waals surface area contributed by atoms with Gasteiger partial charge in [0.2, 0.25) is 0 Å². The van der Waals surface area contributed by atoms with Gasteiger partial charge in [-0.3, -0.25) is 4.79 Å². The number of benzene rings is 3.